The number of halogens is 2. The predicted octanol–water partition coefficient (Wildman–Crippen LogP) is 4.00. The number of rotatable bonds is 2. The van der Waals surface area contributed by atoms with Crippen LogP contribution >= 0.6 is 23.2 Å². The molecule has 1 saturated heterocycles. The molecule has 1 aromatic rings. The lowest BCUT2D eigenvalue weighted by atomic mass is 9.84. The predicted molar refractivity (Wildman–Crippen MR) is 82.8 cm³/mol. The molecule has 1 aromatic carbocycles. The molecule has 0 bridgehead atoms. The van der Waals surface area contributed by atoms with Crippen molar-refractivity contribution in [3.05, 3.63) is 28.2 Å². The molecule has 6 heteroatoms. The van der Waals surface area contributed by atoms with Crippen LogP contribution in [0, 0.1) is 5.92 Å². The molecule has 1 heterocycles. The second-order valence-corrected chi connectivity index (χ2v) is 6.44. The van der Waals surface area contributed by atoms with Crippen LogP contribution in [0.5, 0.6) is 0 Å². The molecular weight excluding hydrogens is 311 g/mol. The first-order valence-electron chi connectivity index (χ1n) is 7.17. The highest BCUT2D eigenvalue weighted by Crippen LogP contribution is 2.34. The second kappa shape index (κ2) is 5.85. The first kappa shape index (κ1) is 14.7. The van der Waals surface area contributed by atoms with Crippen molar-refractivity contribution in [2.45, 2.75) is 38.1 Å². The maximum absolute atomic E-state index is 12.6. The van der Waals surface area contributed by atoms with Crippen LogP contribution in [0.15, 0.2) is 18.2 Å². The van der Waals surface area contributed by atoms with Gasteiger partial charge < -0.3 is 5.32 Å². The summed E-state index contributed by atoms with van der Waals surface area (Å²) in [4.78, 5) is 25.9. The molecule has 1 saturated carbocycles. The minimum Gasteiger partial charge on any atom is -0.325 e. The second-order valence-electron chi connectivity index (χ2n) is 5.59. The van der Waals surface area contributed by atoms with Gasteiger partial charge in [0.1, 0.15) is 6.04 Å². The van der Waals surface area contributed by atoms with E-state index in [1.165, 1.54) is 6.42 Å². The van der Waals surface area contributed by atoms with Crippen LogP contribution in [0.4, 0.5) is 10.5 Å². The Balaban J connectivity index is 1.88. The molecule has 21 heavy (non-hydrogen) atoms. The van der Waals surface area contributed by atoms with E-state index in [9.17, 15) is 9.59 Å². The summed E-state index contributed by atoms with van der Waals surface area (Å²) in [5.41, 5.74) is 0.352. The van der Waals surface area contributed by atoms with E-state index in [0.717, 1.165) is 30.6 Å². The molecule has 0 spiro atoms. The summed E-state index contributed by atoms with van der Waals surface area (Å²) >= 11 is 12.1. The zero-order valence-electron chi connectivity index (χ0n) is 11.4. The number of benzene rings is 1. The third-order valence-corrected chi connectivity index (χ3v) is 4.79. The Morgan fingerprint density at radius 2 is 1.81 bits per heavy atom. The van der Waals surface area contributed by atoms with E-state index in [0.29, 0.717) is 15.7 Å². The summed E-state index contributed by atoms with van der Waals surface area (Å²) in [7, 11) is 0. The highest BCUT2D eigenvalue weighted by molar-refractivity contribution is 6.37. The lowest BCUT2D eigenvalue weighted by molar-refractivity contribution is -0.119. The summed E-state index contributed by atoms with van der Waals surface area (Å²) < 4.78 is 0. The van der Waals surface area contributed by atoms with Crippen molar-refractivity contribution in [2.24, 2.45) is 5.92 Å². The van der Waals surface area contributed by atoms with Gasteiger partial charge >= 0.3 is 6.03 Å². The summed E-state index contributed by atoms with van der Waals surface area (Å²) in [6, 6.07) is 3.91. The van der Waals surface area contributed by atoms with Crippen LogP contribution in [-0.4, -0.2) is 18.0 Å². The van der Waals surface area contributed by atoms with Gasteiger partial charge in [0.05, 0.1) is 10.7 Å². The van der Waals surface area contributed by atoms with Crippen molar-refractivity contribution < 1.29 is 9.59 Å². The van der Waals surface area contributed by atoms with Crippen LogP contribution in [0.1, 0.15) is 32.1 Å². The maximum atomic E-state index is 12.6. The van der Waals surface area contributed by atoms with Gasteiger partial charge in [0, 0.05) is 5.02 Å². The molecule has 0 aromatic heterocycles. The molecule has 1 unspecified atom stereocenters. The van der Waals surface area contributed by atoms with E-state index in [1.807, 2.05) is 0 Å². The number of anilines is 1. The third-order valence-electron chi connectivity index (χ3n) is 4.24. The minimum atomic E-state index is -0.437. The lowest BCUT2D eigenvalue weighted by Gasteiger charge is -2.25. The number of imide groups is 1. The fourth-order valence-electron chi connectivity index (χ4n) is 3.17. The first-order chi connectivity index (χ1) is 10.1. The van der Waals surface area contributed by atoms with Crippen molar-refractivity contribution in [2.75, 3.05) is 4.90 Å². The van der Waals surface area contributed by atoms with Crippen molar-refractivity contribution in [3.63, 3.8) is 0 Å². The molecule has 1 aliphatic heterocycles. The third kappa shape index (κ3) is 2.74. The van der Waals surface area contributed by atoms with Gasteiger partial charge in [0.15, 0.2) is 0 Å². The Bertz CT molecular complexity index is 585. The number of carbonyl (C=O) groups is 2. The molecule has 3 amide bonds. The molecule has 1 aliphatic carbocycles. The first-order valence-corrected chi connectivity index (χ1v) is 7.93. The zero-order chi connectivity index (χ0) is 15.0. The summed E-state index contributed by atoms with van der Waals surface area (Å²) in [5.74, 6) is -0.00535. The van der Waals surface area contributed by atoms with Gasteiger partial charge in [0.25, 0.3) is 5.91 Å². The van der Waals surface area contributed by atoms with Crippen molar-refractivity contribution in [3.8, 4) is 0 Å². The molecule has 1 N–H and O–H groups in total. The number of urea groups is 1. The standard InChI is InChI=1S/C15H16Cl2N2O2/c16-10-6-7-11(17)12(8-10)19-14(20)13(18-15(19)21)9-4-2-1-3-5-9/h6-9,13H,1-5H2,(H,18,21). The van der Waals surface area contributed by atoms with Crippen LogP contribution in [0.3, 0.4) is 0 Å². The molecule has 2 fully saturated rings. The number of hydrogen-bond acceptors (Lipinski definition) is 2. The number of carbonyl (C=O) groups excluding carboxylic acids is 2. The van der Waals surface area contributed by atoms with Gasteiger partial charge in [-0.1, -0.05) is 42.5 Å². The maximum Gasteiger partial charge on any atom is 0.329 e. The monoisotopic (exact) mass is 326 g/mol. The van der Waals surface area contributed by atoms with Crippen molar-refractivity contribution in [1.29, 1.82) is 0 Å². The van der Waals surface area contributed by atoms with Gasteiger partial charge in [-0.2, -0.15) is 0 Å². The fraction of sp³-hybridized carbons (Fsp3) is 0.467. The van der Waals surface area contributed by atoms with Crippen molar-refractivity contribution in [1.82, 2.24) is 5.32 Å². The van der Waals surface area contributed by atoms with Gasteiger partial charge in [-0.25, -0.2) is 9.69 Å². The largest absolute Gasteiger partial charge is 0.329 e. The zero-order valence-corrected chi connectivity index (χ0v) is 13.0. The molecular formula is C15H16Cl2N2O2. The smallest absolute Gasteiger partial charge is 0.325 e. The summed E-state index contributed by atoms with van der Waals surface area (Å²) in [6.07, 6.45) is 5.39. The highest BCUT2D eigenvalue weighted by Gasteiger charge is 2.43. The Labute approximate surface area is 133 Å². The van der Waals surface area contributed by atoms with E-state index in [2.05, 4.69) is 5.32 Å². The average molecular weight is 327 g/mol. The molecule has 4 nitrogen and oxygen atoms in total. The Kier molecular flexibility index (Phi) is 4.09. The van der Waals surface area contributed by atoms with Crippen LogP contribution < -0.4 is 10.2 Å². The normalized spacial score (nSPS) is 23.5. The van der Waals surface area contributed by atoms with E-state index in [1.54, 1.807) is 18.2 Å². The average Bonchev–Trinajstić information content (AvgIpc) is 2.78. The Hall–Kier alpha value is -1.26. The number of amides is 3. The summed E-state index contributed by atoms with van der Waals surface area (Å²) in [6.45, 7) is 0. The molecule has 0 radical (unpaired) electrons. The van der Waals surface area contributed by atoms with Crippen LogP contribution in [0.2, 0.25) is 10.0 Å². The molecule has 2 aliphatic rings. The van der Waals surface area contributed by atoms with Gasteiger partial charge in [-0.05, 0) is 37.0 Å². The van der Waals surface area contributed by atoms with Crippen LogP contribution in [0.25, 0.3) is 0 Å². The van der Waals surface area contributed by atoms with Gasteiger partial charge in [-0.3, -0.25) is 4.79 Å². The SMILES string of the molecule is O=C1NC(C2CCCCC2)C(=O)N1c1cc(Cl)ccc1Cl. The van der Waals surface area contributed by atoms with E-state index in [-0.39, 0.29) is 11.8 Å². The van der Waals surface area contributed by atoms with E-state index in [4.69, 9.17) is 23.2 Å². The van der Waals surface area contributed by atoms with E-state index < -0.39 is 12.1 Å². The molecule has 112 valence electrons. The molecule has 1 atom stereocenters. The number of nitrogens with zero attached hydrogens (tertiary/aromatic N) is 1. The number of hydrogen-bond donors (Lipinski definition) is 1. The summed E-state index contributed by atoms with van der Waals surface area (Å²) in [5, 5.41) is 3.59. The lowest BCUT2D eigenvalue weighted by Crippen LogP contribution is -2.38. The molecule has 3 rings (SSSR count). The Morgan fingerprint density at radius 1 is 1.10 bits per heavy atom. The van der Waals surface area contributed by atoms with Crippen molar-refractivity contribution >= 4 is 40.8 Å². The van der Waals surface area contributed by atoms with E-state index >= 15 is 0 Å². The Morgan fingerprint density at radius 3 is 2.52 bits per heavy atom. The topological polar surface area (TPSA) is 49.4 Å². The number of nitrogens with one attached hydrogen (secondary N) is 1. The minimum absolute atomic E-state index is 0.221. The van der Waals surface area contributed by atoms with Gasteiger partial charge in [0.2, 0.25) is 0 Å². The quantitative estimate of drug-likeness (QED) is 0.835. The van der Waals surface area contributed by atoms with Gasteiger partial charge in [-0.15, -0.1) is 0 Å². The highest BCUT2D eigenvalue weighted by atomic mass is 35.5. The van der Waals surface area contributed by atoms with Crippen LogP contribution in [-0.2, 0) is 4.79 Å². The fourth-order valence-corrected chi connectivity index (χ4v) is 3.54.